The number of carbonyl (C=O) groups is 1. The number of hydrogen-bond acceptors (Lipinski definition) is 1. The van der Waals surface area contributed by atoms with Crippen LogP contribution >= 0.6 is 0 Å². The summed E-state index contributed by atoms with van der Waals surface area (Å²) in [5, 5.41) is 2.94. The quantitative estimate of drug-likeness (QED) is 0.750. The first-order valence-electron chi connectivity index (χ1n) is 5.88. The zero-order valence-corrected chi connectivity index (χ0v) is 11.0. The van der Waals surface area contributed by atoms with E-state index in [0.29, 0.717) is 11.8 Å². The molecule has 3 nitrogen and oxygen atoms in total. The van der Waals surface area contributed by atoms with Gasteiger partial charge in [0.25, 0.3) is 0 Å². The van der Waals surface area contributed by atoms with E-state index in [9.17, 15) is 4.79 Å². The van der Waals surface area contributed by atoms with Crippen LogP contribution in [-0.2, 0) is 0 Å². The molecule has 0 aliphatic heterocycles. The second kappa shape index (κ2) is 6.70. The first-order chi connectivity index (χ1) is 6.82. The van der Waals surface area contributed by atoms with Crippen molar-refractivity contribution in [1.82, 2.24) is 10.2 Å². The van der Waals surface area contributed by atoms with Gasteiger partial charge in [0.2, 0.25) is 0 Å². The highest BCUT2D eigenvalue weighted by molar-refractivity contribution is 5.74. The van der Waals surface area contributed by atoms with Gasteiger partial charge in [0.05, 0.1) is 0 Å². The van der Waals surface area contributed by atoms with Crippen molar-refractivity contribution in [2.75, 3.05) is 13.1 Å². The summed E-state index contributed by atoms with van der Waals surface area (Å²) in [6.07, 6.45) is 0. The molecule has 0 aliphatic carbocycles. The van der Waals surface area contributed by atoms with Gasteiger partial charge in [-0.05, 0) is 25.7 Å². The van der Waals surface area contributed by atoms with Crippen molar-refractivity contribution in [2.45, 2.75) is 47.6 Å². The Labute approximate surface area is 94.2 Å². The number of rotatable bonds is 5. The molecule has 90 valence electrons. The number of carbonyl (C=O) groups excluding carboxylic acids is 1. The van der Waals surface area contributed by atoms with Crippen molar-refractivity contribution in [3.8, 4) is 0 Å². The topological polar surface area (TPSA) is 32.3 Å². The molecule has 0 atom stereocenters. The van der Waals surface area contributed by atoms with Crippen LogP contribution in [0.2, 0.25) is 0 Å². The van der Waals surface area contributed by atoms with Crippen LogP contribution in [0.3, 0.4) is 0 Å². The predicted octanol–water partition coefficient (Wildman–Crippen LogP) is 2.72. The molecule has 0 rings (SSSR count). The molecule has 15 heavy (non-hydrogen) atoms. The Hall–Kier alpha value is -0.730. The predicted molar refractivity (Wildman–Crippen MR) is 64.9 cm³/mol. The molecule has 0 saturated carbocycles. The van der Waals surface area contributed by atoms with E-state index in [0.717, 1.165) is 13.1 Å². The molecule has 0 aromatic carbocycles. The van der Waals surface area contributed by atoms with E-state index in [4.69, 9.17) is 0 Å². The second-order valence-corrected chi connectivity index (χ2v) is 5.30. The molecule has 0 aliphatic rings. The molecule has 0 saturated heterocycles. The average molecular weight is 214 g/mol. The fourth-order valence-electron chi connectivity index (χ4n) is 1.46. The molecule has 0 unspecified atom stereocenters. The van der Waals surface area contributed by atoms with E-state index in [1.807, 2.05) is 18.7 Å². The van der Waals surface area contributed by atoms with E-state index < -0.39 is 0 Å². The first kappa shape index (κ1) is 14.3. The number of hydrogen-bond donors (Lipinski definition) is 1. The molecule has 0 fully saturated rings. The molecule has 1 N–H and O–H groups in total. The molecule has 3 heteroatoms. The van der Waals surface area contributed by atoms with Gasteiger partial charge in [0.1, 0.15) is 0 Å². The third kappa shape index (κ3) is 7.23. The molecule has 0 radical (unpaired) electrons. The van der Waals surface area contributed by atoms with Crippen LogP contribution in [0, 0.1) is 11.8 Å². The lowest BCUT2D eigenvalue weighted by Crippen LogP contribution is -2.45. The average Bonchev–Trinajstić information content (AvgIpc) is 1.99. The summed E-state index contributed by atoms with van der Waals surface area (Å²) in [7, 11) is 0. The lowest BCUT2D eigenvalue weighted by atomic mass is 10.1. The Morgan fingerprint density at radius 2 is 1.40 bits per heavy atom. The van der Waals surface area contributed by atoms with Gasteiger partial charge in [-0.2, -0.15) is 0 Å². The molecule has 0 aromatic rings. The van der Waals surface area contributed by atoms with E-state index >= 15 is 0 Å². The Kier molecular flexibility index (Phi) is 6.37. The zero-order valence-electron chi connectivity index (χ0n) is 11.0. The molecule has 0 spiro atoms. The van der Waals surface area contributed by atoms with Crippen molar-refractivity contribution in [3.05, 3.63) is 0 Å². The molecular formula is C12H26N2O. The van der Waals surface area contributed by atoms with Gasteiger partial charge < -0.3 is 10.2 Å². The van der Waals surface area contributed by atoms with Gasteiger partial charge in [-0.1, -0.05) is 27.7 Å². The highest BCUT2D eigenvalue weighted by Crippen LogP contribution is 2.04. The minimum atomic E-state index is 0.0624. The maximum atomic E-state index is 11.8. The van der Waals surface area contributed by atoms with Gasteiger partial charge in [-0.25, -0.2) is 4.79 Å². The Morgan fingerprint density at radius 3 is 1.67 bits per heavy atom. The Balaban J connectivity index is 4.27. The summed E-state index contributed by atoms with van der Waals surface area (Å²) in [6, 6.07) is 0.270. The van der Waals surface area contributed by atoms with Crippen LogP contribution in [-0.4, -0.2) is 30.1 Å². The van der Waals surface area contributed by atoms with Crippen LogP contribution in [0.15, 0.2) is 0 Å². The summed E-state index contributed by atoms with van der Waals surface area (Å²) in [4.78, 5) is 13.8. The van der Waals surface area contributed by atoms with Crippen LogP contribution < -0.4 is 5.32 Å². The van der Waals surface area contributed by atoms with Crippen molar-refractivity contribution < 1.29 is 4.79 Å². The van der Waals surface area contributed by atoms with E-state index in [2.05, 4.69) is 33.0 Å². The SMILES string of the molecule is CC(C)CN(CC(C)C)C(=O)NC(C)C. The fourth-order valence-corrected chi connectivity index (χ4v) is 1.46. The second-order valence-electron chi connectivity index (χ2n) is 5.30. The maximum absolute atomic E-state index is 11.8. The van der Waals surface area contributed by atoms with Crippen molar-refractivity contribution in [2.24, 2.45) is 11.8 Å². The number of nitrogens with one attached hydrogen (secondary N) is 1. The van der Waals surface area contributed by atoms with Gasteiger partial charge in [-0.3, -0.25) is 0 Å². The summed E-state index contributed by atoms with van der Waals surface area (Å²) in [5.41, 5.74) is 0. The normalized spacial score (nSPS) is 11.3. The largest absolute Gasteiger partial charge is 0.336 e. The molecule has 0 bridgehead atoms. The summed E-state index contributed by atoms with van der Waals surface area (Å²) in [6.45, 7) is 14.2. The first-order valence-corrected chi connectivity index (χ1v) is 5.88. The van der Waals surface area contributed by atoms with Crippen LogP contribution in [0.5, 0.6) is 0 Å². The lowest BCUT2D eigenvalue weighted by molar-refractivity contribution is 0.181. The van der Waals surface area contributed by atoms with E-state index in [1.54, 1.807) is 0 Å². The highest BCUT2D eigenvalue weighted by atomic mass is 16.2. The fraction of sp³-hybridized carbons (Fsp3) is 0.917. The van der Waals surface area contributed by atoms with Crippen LogP contribution in [0.1, 0.15) is 41.5 Å². The molecule has 0 aromatic heterocycles. The number of nitrogens with zero attached hydrogens (tertiary/aromatic N) is 1. The maximum Gasteiger partial charge on any atom is 0.317 e. The van der Waals surface area contributed by atoms with Crippen LogP contribution in [0.25, 0.3) is 0 Å². The lowest BCUT2D eigenvalue weighted by Gasteiger charge is -2.27. The van der Waals surface area contributed by atoms with Crippen molar-refractivity contribution in [1.29, 1.82) is 0 Å². The molecular weight excluding hydrogens is 188 g/mol. The van der Waals surface area contributed by atoms with E-state index in [1.165, 1.54) is 0 Å². The standard InChI is InChI=1S/C12H26N2O/c1-9(2)7-14(8-10(3)4)12(15)13-11(5)6/h9-11H,7-8H2,1-6H3,(H,13,15). The zero-order chi connectivity index (χ0) is 12.0. The van der Waals surface area contributed by atoms with Crippen molar-refractivity contribution in [3.63, 3.8) is 0 Å². The minimum absolute atomic E-state index is 0.0624. The summed E-state index contributed by atoms with van der Waals surface area (Å²) >= 11 is 0. The number of urea groups is 1. The molecule has 2 amide bonds. The highest BCUT2D eigenvalue weighted by Gasteiger charge is 2.16. The third-order valence-electron chi connectivity index (χ3n) is 1.87. The Morgan fingerprint density at radius 1 is 1.00 bits per heavy atom. The van der Waals surface area contributed by atoms with E-state index in [-0.39, 0.29) is 12.1 Å². The van der Waals surface area contributed by atoms with Crippen LogP contribution in [0.4, 0.5) is 4.79 Å². The summed E-state index contributed by atoms with van der Waals surface area (Å²) < 4.78 is 0. The van der Waals surface area contributed by atoms with Gasteiger partial charge >= 0.3 is 6.03 Å². The van der Waals surface area contributed by atoms with Gasteiger partial charge in [-0.15, -0.1) is 0 Å². The summed E-state index contributed by atoms with van der Waals surface area (Å²) in [5.74, 6) is 1.03. The molecule has 0 heterocycles. The third-order valence-corrected chi connectivity index (χ3v) is 1.87. The monoisotopic (exact) mass is 214 g/mol. The van der Waals surface area contributed by atoms with Crippen molar-refractivity contribution >= 4 is 6.03 Å². The van der Waals surface area contributed by atoms with Gasteiger partial charge in [0.15, 0.2) is 0 Å². The van der Waals surface area contributed by atoms with Gasteiger partial charge in [0, 0.05) is 19.1 Å². The minimum Gasteiger partial charge on any atom is -0.336 e. The Bertz CT molecular complexity index is 178. The number of amides is 2. The smallest absolute Gasteiger partial charge is 0.317 e.